The summed E-state index contributed by atoms with van der Waals surface area (Å²) in [5, 5.41) is 53.4. The van der Waals surface area contributed by atoms with Gasteiger partial charge in [0.05, 0.1) is 48.9 Å². The number of piperidine rings is 1. The molecule has 132 heavy (non-hydrogen) atoms. The summed E-state index contributed by atoms with van der Waals surface area (Å²) in [6.07, 6.45) is 3.88. The second kappa shape index (κ2) is 58.3. The number of nitrogen functional groups attached to an aromatic ring is 1. The van der Waals surface area contributed by atoms with Crippen molar-refractivity contribution in [2.24, 2.45) is 52.0 Å². The summed E-state index contributed by atoms with van der Waals surface area (Å²) in [5.74, 6) is -14.2. The number of amides is 7. The van der Waals surface area contributed by atoms with Crippen molar-refractivity contribution in [3.63, 3.8) is 0 Å². The molecule has 6 rings (SSSR count). The molecule has 0 spiro atoms. The first-order valence-electron chi connectivity index (χ1n) is 42.9. The van der Waals surface area contributed by atoms with E-state index in [-0.39, 0.29) is 160 Å². The number of fused-ring (bicyclic) bond motifs is 1. The van der Waals surface area contributed by atoms with Gasteiger partial charge in [0.1, 0.15) is 29.1 Å². The zero-order valence-electron chi connectivity index (χ0n) is 75.7. The van der Waals surface area contributed by atoms with Gasteiger partial charge in [-0.15, -0.1) is 11.3 Å². The van der Waals surface area contributed by atoms with Crippen molar-refractivity contribution in [3.8, 4) is 5.75 Å². The number of ketones is 3. The van der Waals surface area contributed by atoms with Crippen LogP contribution in [0.1, 0.15) is 215 Å². The molecule has 0 saturated carbocycles. The van der Waals surface area contributed by atoms with E-state index in [1.165, 1.54) is 72.3 Å². The molecule has 0 aliphatic carbocycles. The summed E-state index contributed by atoms with van der Waals surface area (Å²) < 4.78 is 16.7. The van der Waals surface area contributed by atoms with Crippen LogP contribution in [0.4, 0.5) is 16.4 Å². The van der Waals surface area contributed by atoms with E-state index in [2.05, 4.69) is 72.2 Å². The zero-order chi connectivity index (χ0) is 98.4. The van der Waals surface area contributed by atoms with E-state index in [4.69, 9.17) is 41.0 Å². The number of rotatable bonds is 53. The van der Waals surface area contributed by atoms with E-state index in [0.717, 1.165) is 42.7 Å². The maximum atomic E-state index is 14.9. The van der Waals surface area contributed by atoms with Crippen LogP contribution in [0.25, 0.3) is 11.2 Å². The van der Waals surface area contributed by atoms with Crippen molar-refractivity contribution in [2.45, 2.75) is 227 Å². The molecule has 724 valence electrons. The molecule has 1 fully saturated rings. The predicted octanol–water partition coefficient (Wildman–Crippen LogP) is 5.69. The SMILES string of the molecule is CCCC(=O)OCN(C(=O)[C@@H](CC(=O)[C@H]1CCCCN1C)C(C)CC)[C@H](C[C@@H](OC(C)=O)c1nc(C(=O)N[C@@H](Cc2ccc(O)cc2)C[C@H](C)C(=O)NNC(=O)OCCSSC)cs1)C(C)C.CC[C@H](CC(=O)[C@H](CC(=O)O)NC(=O)[C@H](CCCN=C(N)N)CC(=O)[C@H](C)NC(=O)CC[C@H](NC(=O)c1ccc(NCc2cnc3nc(N)[nH]c(=O)c3n2)cc1)C(=O)O)C(=O)O.O=C=O. The average molecular weight is 1900 g/mol. The van der Waals surface area contributed by atoms with E-state index in [0.29, 0.717) is 35.0 Å². The number of carboxylic acid groups (broad SMARTS) is 3. The summed E-state index contributed by atoms with van der Waals surface area (Å²) >= 11 is 1.10. The Kier molecular flexibility index (Phi) is 49.3. The van der Waals surface area contributed by atoms with Crippen LogP contribution < -0.4 is 60.2 Å². The predicted molar refractivity (Wildman–Crippen MR) is 486 cm³/mol. The molecular weight excluding hydrogens is 1780 g/mol. The van der Waals surface area contributed by atoms with Crippen LogP contribution >= 0.6 is 32.9 Å². The van der Waals surface area contributed by atoms with Gasteiger partial charge in [-0.3, -0.25) is 87.4 Å². The third kappa shape index (κ3) is 39.6. The Morgan fingerprint density at radius 3 is 2.05 bits per heavy atom. The summed E-state index contributed by atoms with van der Waals surface area (Å²) in [5.41, 5.74) is 22.3. The third-order valence-electron chi connectivity index (χ3n) is 21.3. The van der Waals surface area contributed by atoms with E-state index in [1.54, 1.807) is 42.0 Å². The van der Waals surface area contributed by atoms with E-state index < -0.39 is 168 Å². The second-order valence-electron chi connectivity index (χ2n) is 31.8. The Labute approximate surface area is 774 Å². The molecule has 0 radical (unpaired) electrons. The van der Waals surface area contributed by atoms with Gasteiger partial charge < -0.3 is 83.3 Å². The van der Waals surface area contributed by atoms with Gasteiger partial charge in [0.2, 0.25) is 29.6 Å². The molecule has 12 atom stereocenters. The number of carboxylic acids is 3. The fourth-order valence-corrected chi connectivity index (χ4v) is 15.8. The number of aliphatic carboxylic acids is 3. The van der Waals surface area contributed by atoms with Crippen LogP contribution in [0.15, 0.2) is 69.9 Å². The molecule has 43 nitrogen and oxygen atoms in total. The van der Waals surface area contributed by atoms with Crippen LogP contribution in [-0.2, 0) is 94.3 Å². The number of aliphatic imine (C=N–C) groups is 1. The van der Waals surface area contributed by atoms with Crippen molar-refractivity contribution < 1.29 is 116 Å². The molecule has 4 heterocycles. The molecular formula is C86H122N18O25S3. The van der Waals surface area contributed by atoms with Crippen molar-refractivity contribution in [1.29, 1.82) is 0 Å². The smallest absolute Gasteiger partial charge is 0.426 e. The fraction of sp³-hybridized carbons (Fsp3) is 0.558. The number of ether oxygens (including phenoxy) is 3. The monoisotopic (exact) mass is 1900 g/mol. The summed E-state index contributed by atoms with van der Waals surface area (Å²) in [7, 11) is 5.01. The van der Waals surface area contributed by atoms with Gasteiger partial charge >= 0.3 is 42.1 Å². The quantitative estimate of drug-likeness (QED) is 0.00325. The number of nitrogens with zero attached hydrogens (tertiary/aromatic N) is 7. The highest BCUT2D eigenvalue weighted by Gasteiger charge is 2.41. The summed E-state index contributed by atoms with van der Waals surface area (Å²) in [4.78, 5) is 249. The first-order valence-corrected chi connectivity index (χ1v) is 46.5. The minimum Gasteiger partial charge on any atom is -0.508 e. The molecule has 1 saturated heterocycles. The molecule has 1 unspecified atom stereocenters. The van der Waals surface area contributed by atoms with Gasteiger partial charge in [0.15, 0.2) is 47.3 Å². The Hall–Kier alpha value is -12.6. The number of hydrazine groups is 1. The minimum absolute atomic E-state index is 0.00257. The number of likely N-dealkylation sites (tertiary alicyclic amines) is 1. The molecule has 7 amide bonds. The number of nitrogens with two attached hydrogens (primary N) is 3. The topological polar surface area (TPSA) is 664 Å². The number of benzene rings is 2. The Morgan fingerprint density at radius 2 is 1.45 bits per heavy atom. The number of guanidine groups is 1. The highest BCUT2D eigenvalue weighted by Crippen LogP contribution is 2.35. The number of aromatic nitrogens is 5. The highest BCUT2D eigenvalue weighted by atomic mass is 33.1. The van der Waals surface area contributed by atoms with Crippen LogP contribution in [0.5, 0.6) is 5.75 Å². The zero-order valence-corrected chi connectivity index (χ0v) is 78.1. The molecule has 1 aliphatic heterocycles. The molecule has 0 bridgehead atoms. The van der Waals surface area contributed by atoms with Crippen molar-refractivity contribution in [3.05, 3.63) is 98.0 Å². The Bertz CT molecular complexity index is 4840. The van der Waals surface area contributed by atoms with E-state index in [9.17, 15) is 97.1 Å². The number of H-pyrrole nitrogens is 1. The number of aromatic amines is 1. The van der Waals surface area contributed by atoms with Gasteiger partial charge in [0.25, 0.3) is 17.4 Å². The van der Waals surface area contributed by atoms with Gasteiger partial charge in [-0.2, -0.15) is 14.6 Å². The number of hydrogen-bond acceptors (Lipinski definition) is 33. The third-order valence-corrected chi connectivity index (χ3v) is 24.1. The van der Waals surface area contributed by atoms with Crippen molar-refractivity contribution in [2.75, 3.05) is 56.5 Å². The first-order chi connectivity index (χ1) is 62.6. The number of esters is 2. The maximum Gasteiger partial charge on any atom is 0.426 e. The second-order valence-corrected chi connectivity index (χ2v) is 35.3. The number of aromatic hydroxyl groups is 1. The Morgan fingerprint density at radius 1 is 0.765 bits per heavy atom. The number of nitrogens with one attached hydrogen (secondary N) is 8. The van der Waals surface area contributed by atoms with Gasteiger partial charge in [-0.1, -0.05) is 95.0 Å². The molecule has 5 aromatic rings. The highest BCUT2D eigenvalue weighted by molar-refractivity contribution is 8.76. The first kappa shape index (κ1) is 112. The number of Topliss-reactive ketones (excluding diaryl/α,β-unsaturated/α-hetero) is 3. The van der Waals surface area contributed by atoms with Gasteiger partial charge in [-0.05, 0) is 138 Å². The number of anilines is 2. The number of phenolic OH excluding ortho intramolecular Hbond substituents is 1. The number of carbonyl (C=O) groups is 15. The Balaban J connectivity index is 0.000000538. The number of thiazole rings is 1. The normalized spacial score (nSPS) is 14.8. The number of phenols is 1. The summed E-state index contributed by atoms with van der Waals surface area (Å²) in [6, 6.07) is 6.59. The lowest BCUT2D eigenvalue weighted by Crippen LogP contribution is -2.50. The lowest BCUT2D eigenvalue weighted by molar-refractivity contribution is -0.192. The van der Waals surface area contributed by atoms with E-state index in [1.807, 2.05) is 47.9 Å². The number of hydrogen-bond donors (Lipinski definition) is 15. The van der Waals surface area contributed by atoms with Crippen LogP contribution in [0.3, 0.4) is 0 Å². The van der Waals surface area contributed by atoms with Crippen molar-refractivity contribution >= 4 is 157 Å². The lowest BCUT2D eigenvalue weighted by atomic mass is 9.82. The molecule has 3 aromatic heterocycles. The minimum atomic E-state index is -1.59. The molecule has 18 N–H and O–H groups in total. The molecule has 46 heteroatoms. The van der Waals surface area contributed by atoms with Crippen LogP contribution in [0.2, 0.25) is 0 Å². The van der Waals surface area contributed by atoms with Crippen molar-refractivity contribution in [1.82, 2.24) is 66.8 Å². The van der Waals surface area contributed by atoms with Crippen LogP contribution in [0, 0.1) is 35.5 Å². The molecule has 2 aromatic carbocycles. The fourth-order valence-electron chi connectivity index (χ4n) is 13.9. The number of carbonyl (C=O) groups excluding carboxylic acids is 14. The number of likely N-dealkylation sites (N-methyl/N-ethyl adjacent to an activating group) is 1. The molecule has 1 aliphatic rings. The maximum absolute atomic E-state index is 14.9. The average Bonchev–Trinajstić information content (AvgIpc) is 0.991. The lowest BCUT2D eigenvalue weighted by Gasteiger charge is -2.39. The van der Waals surface area contributed by atoms with Gasteiger partial charge in [-0.25, -0.2) is 30.0 Å². The van der Waals surface area contributed by atoms with Crippen LogP contribution in [-0.4, -0.2) is 238 Å². The standard InChI is InChI=1S/C47H72N6O11S3.C38H50N12O12.CO2/c1-10-14-42(57)63-28-53(46(60)36(30(5)11-2)25-40(56)38-15-12-13-20-52(38)8)39(29(3)4)26-41(64-32(7)54)45-49-37(27-66-45)44(59)48-34(24-33-16-18-35(55)19-17-33)23-31(6)43(58)50-51-47(61)62-21-22-67-65-9;1-3-19(35(59)60)13-27(52)25(15-29(54)55)48-33(57)21(5-4-12-42-37(39)40)14-26(51)18(2)45-28(53)11-10-24(36(61)62)47-32(56)20-6-8-22(9-7-20)43-16-23-17-44-31-30(46-23)34(58)50-38(41)49-31;2-1-3/h16-19,27,29-31,34,36,38-39,41,55H,10-15,20-26,28H2,1-9H3,(H,48,59)(H,50,58)(H,51,61);6-9,17-19,21,24-25,43H,3-5,10-16H2,1-2H3,(H,45,53)(H,47,56)(H,48,57)(H,54,55)(H,59,60)(H,61,62)(H4,39,40,42)(H3,41,44,49,50,58);/t30?,31-,34+,36-,38+,39+,41+;18-,19+,21+,24-,25-;/m00./s1. The summed E-state index contributed by atoms with van der Waals surface area (Å²) in [6.45, 7) is 16.2. The van der Waals surface area contributed by atoms with E-state index >= 15 is 0 Å². The van der Waals surface area contributed by atoms with Gasteiger partial charge in [0, 0.05) is 104 Å². The largest absolute Gasteiger partial charge is 0.508 e.